The molecular formula is C24H34NO. The van der Waals surface area contributed by atoms with Crippen molar-refractivity contribution < 1.29 is 4.74 Å². The molecule has 1 N–H and O–H groups in total. The third-order valence-electron chi connectivity index (χ3n) is 4.82. The Balaban J connectivity index is 1.83. The first-order chi connectivity index (χ1) is 12.5. The Kier molecular flexibility index (Phi) is 8.18. The van der Waals surface area contributed by atoms with E-state index in [9.17, 15) is 0 Å². The van der Waals surface area contributed by atoms with Crippen LogP contribution in [0.3, 0.4) is 0 Å². The Morgan fingerprint density at radius 3 is 2.50 bits per heavy atom. The van der Waals surface area contributed by atoms with Crippen molar-refractivity contribution in [2.45, 2.75) is 46.6 Å². The van der Waals surface area contributed by atoms with Gasteiger partial charge >= 0.3 is 0 Å². The lowest BCUT2D eigenvalue weighted by molar-refractivity contribution is 0.312. The Bertz CT molecular complexity index is 663. The molecule has 2 atom stereocenters. The summed E-state index contributed by atoms with van der Waals surface area (Å²) in [4.78, 5) is 0. The molecular weight excluding hydrogens is 318 g/mol. The minimum atomic E-state index is 0.392. The van der Waals surface area contributed by atoms with Gasteiger partial charge in [0, 0.05) is 13.1 Å². The predicted octanol–water partition coefficient (Wildman–Crippen LogP) is 5.76. The predicted molar refractivity (Wildman–Crippen MR) is 112 cm³/mol. The number of aryl methyl sites for hydroxylation is 1. The van der Waals surface area contributed by atoms with Gasteiger partial charge in [-0.25, -0.2) is 0 Å². The summed E-state index contributed by atoms with van der Waals surface area (Å²) in [5.41, 5.74) is 4.01. The summed E-state index contributed by atoms with van der Waals surface area (Å²) in [7, 11) is 0. The van der Waals surface area contributed by atoms with Crippen molar-refractivity contribution in [3.05, 3.63) is 72.1 Å². The molecule has 0 aliphatic rings. The number of benzene rings is 2. The van der Waals surface area contributed by atoms with Crippen LogP contribution in [0.15, 0.2) is 48.5 Å². The van der Waals surface area contributed by atoms with Crippen molar-refractivity contribution in [1.82, 2.24) is 5.32 Å². The van der Waals surface area contributed by atoms with Gasteiger partial charge in [0.05, 0.1) is 0 Å². The van der Waals surface area contributed by atoms with E-state index in [2.05, 4.69) is 82.4 Å². The Morgan fingerprint density at radius 1 is 1.04 bits per heavy atom. The van der Waals surface area contributed by atoms with Crippen LogP contribution < -0.4 is 10.1 Å². The van der Waals surface area contributed by atoms with Gasteiger partial charge in [-0.2, -0.15) is 0 Å². The van der Waals surface area contributed by atoms with Crippen molar-refractivity contribution >= 4 is 0 Å². The summed E-state index contributed by atoms with van der Waals surface area (Å²) in [6.07, 6.45) is 1.16. The highest BCUT2D eigenvalue weighted by atomic mass is 16.5. The number of hydrogen-bond acceptors (Lipinski definition) is 2. The Labute approximate surface area is 160 Å². The first kappa shape index (κ1) is 20.5. The lowest BCUT2D eigenvalue weighted by Gasteiger charge is -2.23. The van der Waals surface area contributed by atoms with Gasteiger partial charge in [0.15, 0.2) is 0 Å². The third kappa shape index (κ3) is 6.49. The molecule has 2 nitrogen and oxygen atoms in total. The summed E-state index contributed by atoms with van der Waals surface area (Å²) in [5.74, 6) is 2.50. The molecule has 0 aromatic heterocycles. The molecule has 0 heterocycles. The van der Waals surface area contributed by atoms with Gasteiger partial charge in [0.1, 0.15) is 12.4 Å². The first-order valence-electron chi connectivity index (χ1n) is 9.78. The fourth-order valence-electron chi connectivity index (χ4n) is 3.31. The molecule has 2 heteroatoms. The van der Waals surface area contributed by atoms with Crippen LogP contribution in [0.5, 0.6) is 5.75 Å². The maximum absolute atomic E-state index is 5.97. The fraction of sp³-hybridized carbons (Fsp3) is 0.458. The van der Waals surface area contributed by atoms with E-state index in [-0.39, 0.29) is 0 Å². The molecule has 2 rings (SSSR count). The van der Waals surface area contributed by atoms with Crippen molar-refractivity contribution in [3.8, 4) is 5.75 Å². The molecule has 0 saturated heterocycles. The van der Waals surface area contributed by atoms with Crippen molar-refractivity contribution in [3.63, 3.8) is 0 Å². The molecule has 1 radical (unpaired) electrons. The quantitative estimate of drug-likeness (QED) is 0.549. The smallest absolute Gasteiger partial charge is 0.119 e. The number of hydrogen-bond donors (Lipinski definition) is 1. The van der Waals surface area contributed by atoms with Gasteiger partial charge in [-0.1, -0.05) is 57.2 Å². The van der Waals surface area contributed by atoms with E-state index in [4.69, 9.17) is 4.74 Å². The van der Waals surface area contributed by atoms with E-state index in [1.807, 2.05) is 6.07 Å². The van der Waals surface area contributed by atoms with Gasteiger partial charge in [-0.15, -0.1) is 0 Å². The lowest BCUT2D eigenvalue weighted by Crippen LogP contribution is -2.21. The van der Waals surface area contributed by atoms with Crippen LogP contribution in [-0.2, 0) is 6.54 Å². The highest BCUT2D eigenvalue weighted by molar-refractivity contribution is 5.31. The Hall–Kier alpha value is -1.80. The zero-order valence-corrected chi connectivity index (χ0v) is 16.8. The number of ether oxygens (including phenoxy) is 1. The molecule has 0 bridgehead atoms. The van der Waals surface area contributed by atoms with Crippen molar-refractivity contribution in [2.24, 2.45) is 11.8 Å². The van der Waals surface area contributed by atoms with Gasteiger partial charge < -0.3 is 10.1 Å². The fourth-order valence-corrected chi connectivity index (χ4v) is 3.31. The highest BCUT2D eigenvalue weighted by Crippen LogP contribution is 2.32. The summed E-state index contributed by atoms with van der Waals surface area (Å²) in [5, 5.41) is 3.46. The van der Waals surface area contributed by atoms with E-state index < -0.39 is 0 Å². The van der Waals surface area contributed by atoms with Gasteiger partial charge in [-0.05, 0) is 66.8 Å². The van der Waals surface area contributed by atoms with Crippen molar-refractivity contribution in [1.29, 1.82) is 0 Å². The van der Waals surface area contributed by atoms with Crippen LogP contribution in [-0.4, -0.2) is 13.2 Å². The minimum Gasteiger partial charge on any atom is -0.492 e. The summed E-state index contributed by atoms with van der Waals surface area (Å²) >= 11 is 0. The second-order valence-corrected chi connectivity index (χ2v) is 7.74. The lowest BCUT2D eigenvalue weighted by atomic mass is 9.82. The van der Waals surface area contributed by atoms with Crippen molar-refractivity contribution in [2.75, 3.05) is 13.2 Å². The second-order valence-electron chi connectivity index (χ2n) is 7.74. The minimum absolute atomic E-state index is 0.392. The van der Waals surface area contributed by atoms with Crippen LogP contribution in [0, 0.1) is 25.7 Å². The Morgan fingerprint density at radius 2 is 1.81 bits per heavy atom. The molecule has 2 aromatic carbocycles. The molecule has 0 aliphatic heterocycles. The normalized spacial score (nSPS) is 12.6. The van der Waals surface area contributed by atoms with E-state index in [1.54, 1.807) is 0 Å². The van der Waals surface area contributed by atoms with Gasteiger partial charge in [0.25, 0.3) is 0 Å². The third-order valence-corrected chi connectivity index (χ3v) is 4.82. The molecule has 0 aliphatic carbocycles. The molecule has 2 unspecified atom stereocenters. The zero-order valence-electron chi connectivity index (χ0n) is 16.8. The summed E-state index contributed by atoms with van der Waals surface area (Å²) in [6, 6.07) is 17.0. The highest BCUT2D eigenvalue weighted by Gasteiger charge is 2.17. The van der Waals surface area contributed by atoms with Gasteiger partial charge in [-0.3, -0.25) is 0 Å². The summed E-state index contributed by atoms with van der Waals surface area (Å²) < 4.78 is 5.97. The van der Waals surface area contributed by atoms with E-state index >= 15 is 0 Å². The molecule has 0 saturated carbocycles. The average molecular weight is 353 g/mol. The topological polar surface area (TPSA) is 21.3 Å². The molecule has 0 fully saturated rings. The molecule has 0 spiro atoms. The van der Waals surface area contributed by atoms with Crippen LogP contribution in [0.25, 0.3) is 0 Å². The molecule has 141 valence electrons. The average Bonchev–Trinajstić information content (AvgIpc) is 2.61. The largest absolute Gasteiger partial charge is 0.492 e. The van der Waals surface area contributed by atoms with Crippen LogP contribution in [0.2, 0.25) is 0 Å². The SMILES string of the molecule is [CH2]C(C)C(CC(C)C)c1cccc(OCCNCc2ccccc2C)c1. The maximum atomic E-state index is 5.97. The second kappa shape index (κ2) is 10.4. The molecule has 26 heavy (non-hydrogen) atoms. The number of rotatable bonds is 10. The molecule has 2 aromatic rings. The maximum Gasteiger partial charge on any atom is 0.119 e. The zero-order chi connectivity index (χ0) is 18.9. The standard InChI is InChI=1S/C24H34NO/c1-18(2)15-24(19(3)4)21-11-8-12-23(16-21)26-14-13-25-17-22-10-7-6-9-20(22)5/h6-12,16,18-19,24-25H,3,13-15,17H2,1-2,4-5H3. The monoisotopic (exact) mass is 352 g/mol. The van der Waals surface area contributed by atoms with Crippen LogP contribution >= 0.6 is 0 Å². The van der Waals surface area contributed by atoms with Gasteiger partial charge in [0.2, 0.25) is 0 Å². The summed E-state index contributed by atoms with van der Waals surface area (Å²) in [6.45, 7) is 15.6. The van der Waals surface area contributed by atoms with Crippen LogP contribution in [0.4, 0.5) is 0 Å². The van der Waals surface area contributed by atoms with E-state index in [0.29, 0.717) is 24.4 Å². The van der Waals surface area contributed by atoms with E-state index in [0.717, 1.165) is 25.3 Å². The molecule has 0 amide bonds. The number of nitrogens with one attached hydrogen (secondary N) is 1. The first-order valence-corrected chi connectivity index (χ1v) is 9.78. The van der Waals surface area contributed by atoms with Crippen LogP contribution in [0.1, 0.15) is 49.8 Å². The van der Waals surface area contributed by atoms with E-state index in [1.165, 1.54) is 16.7 Å².